The van der Waals surface area contributed by atoms with Gasteiger partial charge < -0.3 is 5.32 Å². The molecule has 100 valence electrons. The Bertz CT molecular complexity index is 423. The number of pyridine rings is 1. The molecule has 1 aromatic heterocycles. The van der Waals surface area contributed by atoms with Crippen molar-refractivity contribution < 1.29 is 0 Å². The fraction of sp³-hybridized carbons (Fsp3) is 0.615. The molecule has 5 heteroatoms. The maximum absolute atomic E-state index is 6.09. The van der Waals surface area contributed by atoms with Crippen molar-refractivity contribution in [2.75, 3.05) is 11.9 Å². The van der Waals surface area contributed by atoms with Crippen molar-refractivity contribution in [3.05, 3.63) is 21.3 Å². The van der Waals surface area contributed by atoms with E-state index in [1.165, 1.54) is 25.7 Å². The van der Waals surface area contributed by atoms with Crippen molar-refractivity contribution in [1.29, 1.82) is 0 Å². The van der Waals surface area contributed by atoms with E-state index >= 15 is 0 Å². The summed E-state index contributed by atoms with van der Waals surface area (Å²) < 4.78 is 0. The van der Waals surface area contributed by atoms with Crippen molar-refractivity contribution in [2.24, 2.45) is 11.8 Å². The summed E-state index contributed by atoms with van der Waals surface area (Å²) >= 11 is 17.8. The zero-order valence-electron chi connectivity index (χ0n) is 10.3. The maximum atomic E-state index is 6.09. The molecule has 1 N–H and O–H groups in total. The van der Waals surface area contributed by atoms with Gasteiger partial charge in [-0.25, -0.2) is 4.98 Å². The molecule has 1 aliphatic carbocycles. The molecule has 1 aliphatic rings. The molecular formula is C13H17Cl3N2. The minimum absolute atomic E-state index is 0.292. The van der Waals surface area contributed by atoms with Crippen LogP contribution in [0.1, 0.15) is 32.6 Å². The Balaban J connectivity index is 1.99. The molecule has 0 spiro atoms. The van der Waals surface area contributed by atoms with Crippen LogP contribution in [0.4, 0.5) is 5.82 Å². The van der Waals surface area contributed by atoms with Crippen molar-refractivity contribution in [2.45, 2.75) is 32.6 Å². The Morgan fingerprint density at radius 3 is 2.67 bits per heavy atom. The van der Waals surface area contributed by atoms with Gasteiger partial charge in [0.25, 0.3) is 0 Å². The van der Waals surface area contributed by atoms with Gasteiger partial charge in [-0.05, 0) is 24.3 Å². The van der Waals surface area contributed by atoms with Crippen LogP contribution < -0.4 is 5.32 Å². The molecule has 0 aliphatic heterocycles. The van der Waals surface area contributed by atoms with Crippen molar-refractivity contribution in [3.8, 4) is 0 Å². The molecular weight excluding hydrogens is 291 g/mol. The third-order valence-corrected chi connectivity index (χ3v) is 4.67. The monoisotopic (exact) mass is 306 g/mol. The van der Waals surface area contributed by atoms with Gasteiger partial charge in [-0.3, -0.25) is 0 Å². The van der Waals surface area contributed by atoms with Crippen LogP contribution in [0.5, 0.6) is 0 Å². The Morgan fingerprint density at radius 2 is 1.94 bits per heavy atom. The van der Waals surface area contributed by atoms with Gasteiger partial charge in [0.15, 0.2) is 0 Å². The van der Waals surface area contributed by atoms with E-state index in [0.717, 1.165) is 12.5 Å². The average molecular weight is 308 g/mol. The lowest BCUT2D eigenvalue weighted by Crippen LogP contribution is -2.24. The van der Waals surface area contributed by atoms with Crippen molar-refractivity contribution in [1.82, 2.24) is 4.98 Å². The first kappa shape index (κ1) is 14.2. The molecule has 1 saturated carbocycles. The third kappa shape index (κ3) is 3.43. The van der Waals surface area contributed by atoms with Crippen LogP contribution in [0, 0.1) is 11.8 Å². The van der Waals surface area contributed by atoms with Gasteiger partial charge in [0.05, 0.1) is 10.0 Å². The van der Waals surface area contributed by atoms with Gasteiger partial charge in [0, 0.05) is 6.54 Å². The number of hydrogen-bond acceptors (Lipinski definition) is 2. The quantitative estimate of drug-likeness (QED) is 0.768. The molecule has 2 nitrogen and oxygen atoms in total. The summed E-state index contributed by atoms with van der Waals surface area (Å²) in [6, 6.07) is 1.63. The van der Waals surface area contributed by atoms with E-state index in [2.05, 4.69) is 17.2 Å². The molecule has 18 heavy (non-hydrogen) atoms. The zero-order valence-corrected chi connectivity index (χ0v) is 12.6. The van der Waals surface area contributed by atoms with Gasteiger partial charge in [-0.2, -0.15) is 0 Å². The molecule has 1 aromatic rings. The van der Waals surface area contributed by atoms with Gasteiger partial charge >= 0.3 is 0 Å². The molecule has 0 radical (unpaired) electrons. The predicted molar refractivity (Wildman–Crippen MR) is 78.9 cm³/mol. The number of hydrogen-bond donors (Lipinski definition) is 1. The summed E-state index contributed by atoms with van der Waals surface area (Å²) in [6.07, 6.45) is 5.25. The van der Waals surface area contributed by atoms with E-state index < -0.39 is 0 Å². The lowest BCUT2D eigenvalue weighted by Gasteiger charge is -2.29. The highest BCUT2D eigenvalue weighted by atomic mass is 35.5. The van der Waals surface area contributed by atoms with E-state index in [1.54, 1.807) is 6.07 Å². The Kier molecular flexibility index (Phi) is 4.99. The first-order valence-corrected chi connectivity index (χ1v) is 7.46. The minimum atomic E-state index is 0.292. The topological polar surface area (TPSA) is 24.9 Å². The number of aromatic nitrogens is 1. The Labute approximate surface area is 123 Å². The van der Waals surface area contributed by atoms with E-state index in [9.17, 15) is 0 Å². The normalized spacial score (nSPS) is 24.0. The number of rotatable bonds is 3. The molecule has 0 aromatic carbocycles. The molecule has 0 saturated heterocycles. The standard InChI is InChI=1S/C13H17Cl3N2/c1-8-4-2-3-5-9(8)7-17-13-11(15)6-10(14)12(16)18-13/h6,8-9H,2-5,7H2,1H3,(H,17,18). The molecule has 2 rings (SSSR count). The summed E-state index contributed by atoms with van der Waals surface area (Å²) in [5.74, 6) is 2.07. The van der Waals surface area contributed by atoms with Crippen LogP contribution in [0.25, 0.3) is 0 Å². The first-order chi connectivity index (χ1) is 8.58. The summed E-state index contributed by atoms with van der Waals surface area (Å²) in [4.78, 5) is 4.17. The SMILES string of the molecule is CC1CCCCC1CNc1nc(Cl)c(Cl)cc1Cl. The second-order valence-electron chi connectivity index (χ2n) is 4.99. The fourth-order valence-corrected chi connectivity index (χ4v) is 3.06. The first-order valence-electron chi connectivity index (χ1n) is 6.33. The molecule has 0 amide bonds. The van der Waals surface area contributed by atoms with Gasteiger partial charge in [0.2, 0.25) is 0 Å². The van der Waals surface area contributed by atoms with Crippen molar-refractivity contribution >= 4 is 40.6 Å². The number of nitrogens with one attached hydrogen (secondary N) is 1. The van der Waals surface area contributed by atoms with E-state index in [-0.39, 0.29) is 0 Å². The number of anilines is 1. The fourth-order valence-electron chi connectivity index (χ4n) is 2.49. The van der Waals surface area contributed by atoms with Gasteiger partial charge in [0.1, 0.15) is 11.0 Å². The minimum Gasteiger partial charge on any atom is -0.368 e. The largest absolute Gasteiger partial charge is 0.368 e. The molecule has 0 bridgehead atoms. The van der Waals surface area contributed by atoms with Crippen LogP contribution in [0.3, 0.4) is 0 Å². The highest BCUT2D eigenvalue weighted by Gasteiger charge is 2.21. The van der Waals surface area contributed by atoms with Crippen LogP contribution in [-0.2, 0) is 0 Å². The summed E-state index contributed by atoms with van der Waals surface area (Å²) in [7, 11) is 0. The second-order valence-corrected chi connectivity index (χ2v) is 6.17. The van der Waals surface area contributed by atoms with Crippen LogP contribution >= 0.6 is 34.8 Å². The Hall–Kier alpha value is -0.180. The average Bonchev–Trinajstić information content (AvgIpc) is 2.34. The van der Waals surface area contributed by atoms with Gasteiger partial charge in [-0.1, -0.05) is 61.0 Å². The highest BCUT2D eigenvalue weighted by molar-refractivity contribution is 6.42. The smallest absolute Gasteiger partial charge is 0.150 e. The van der Waals surface area contributed by atoms with E-state index in [4.69, 9.17) is 34.8 Å². The summed E-state index contributed by atoms with van der Waals surface area (Å²) in [6.45, 7) is 3.21. The van der Waals surface area contributed by atoms with Gasteiger partial charge in [-0.15, -0.1) is 0 Å². The zero-order chi connectivity index (χ0) is 13.1. The summed E-state index contributed by atoms with van der Waals surface area (Å²) in [5.41, 5.74) is 0. The second kappa shape index (κ2) is 6.31. The third-order valence-electron chi connectivity index (χ3n) is 3.71. The van der Waals surface area contributed by atoms with E-state index in [1.807, 2.05) is 0 Å². The highest BCUT2D eigenvalue weighted by Crippen LogP contribution is 2.32. The maximum Gasteiger partial charge on any atom is 0.150 e. The molecule has 1 fully saturated rings. The number of nitrogens with zero attached hydrogens (tertiary/aromatic N) is 1. The van der Waals surface area contributed by atoms with Crippen LogP contribution in [-0.4, -0.2) is 11.5 Å². The number of halogens is 3. The van der Waals surface area contributed by atoms with E-state index in [0.29, 0.717) is 26.9 Å². The van der Waals surface area contributed by atoms with Crippen molar-refractivity contribution in [3.63, 3.8) is 0 Å². The van der Waals surface area contributed by atoms with Crippen LogP contribution in [0.15, 0.2) is 6.07 Å². The summed E-state index contributed by atoms with van der Waals surface area (Å²) in [5, 5.41) is 4.50. The Morgan fingerprint density at radius 1 is 1.22 bits per heavy atom. The molecule has 1 heterocycles. The van der Waals surface area contributed by atoms with Crippen LogP contribution in [0.2, 0.25) is 15.2 Å². The molecule has 2 atom stereocenters. The predicted octanol–water partition coefficient (Wildman–Crippen LogP) is 5.28. The lowest BCUT2D eigenvalue weighted by molar-refractivity contribution is 0.268. The lowest BCUT2D eigenvalue weighted by atomic mass is 9.80. The molecule has 2 unspecified atom stereocenters.